The van der Waals surface area contributed by atoms with E-state index in [1.165, 1.54) is 0 Å². The van der Waals surface area contributed by atoms with Crippen molar-refractivity contribution in [2.45, 2.75) is 6.54 Å². The van der Waals surface area contributed by atoms with Crippen LogP contribution in [0, 0.1) is 0 Å². The Balaban J connectivity index is 2.22. The Morgan fingerprint density at radius 1 is 0.950 bits per heavy atom. The minimum atomic E-state index is 0.668. The third-order valence-corrected chi connectivity index (χ3v) is 4.89. The van der Waals surface area contributed by atoms with Crippen LogP contribution in [0.5, 0.6) is 5.75 Å². The molecule has 0 bridgehead atoms. The van der Waals surface area contributed by atoms with Crippen LogP contribution >= 0.6 is 63.7 Å². The summed E-state index contributed by atoms with van der Waals surface area (Å²) in [4.78, 5) is 0. The fourth-order valence-corrected chi connectivity index (χ4v) is 4.46. The summed E-state index contributed by atoms with van der Waals surface area (Å²) in [5.41, 5.74) is 2.11. The van der Waals surface area contributed by atoms with Crippen LogP contribution in [0.2, 0.25) is 0 Å². The van der Waals surface area contributed by atoms with Gasteiger partial charge in [-0.1, -0.05) is 31.9 Å². The first-order valence-electron chi connectivity index (χ1n) is 5.72. The number of nitrogens with one attached hydrogen (secondary N) is 1. The molecule has 0 spiro atoms. The smallest absolute Gasteiger partial charge is 0.138 e. The molecule has 2 aromatic carbocycles. The van der Waals surface area contributed by atoms with Crippen LogP contribution in [0.15, 0.2) is 48.2 Å². The molecule has 20 heavy (non-hydrogen) atoms. The Kier molecular flexibility index (Phi) is 5.95. The van der Waals surface area contributed by atoms with E-state index in [-0.39, 0.29) is 0 Å². The lowest BCUT2D eigenvalue weighted by Gasteiger charge is -2.14. The van der Waals surface area contributed by atoms with E-state index in [2.05, 4.69) is 69.0 Å². The second-order valence-corrected chi connectivity index (χ2v) is 7.60. The van der Waals surface area contributed by atoms with Gasteiger partial charge >= 0.3 is 0 Å². The summed E-state index contributed by atoms with van der Waals surface area (Å²) in [6.07, 6.45) is 0. The number of hydrogen-bond acceptors (Lipinski definition) is 2. The highest BCUT2D eigenvalue weighted by Crippen LogP contribution is 2.34. The predicted octanol–water partition coefficient (Wildman–Crippen LogP) is 6.36. The molecule has 0 fully saturated rings. The fraction of sp³-hybridized carbons (Fsp3) is 0.143. The topological polar surface area (TPSA) is 21.3 Å². The highest BCUT2D eigenvalue weighted by Gasteiger charge is 2.10. The average molecular weight is 529 g/mol. The number of benzene rings is 2. The zero-order valence-corrected chi connectivity index (χ0v) is 16.9. The van der Waals surface area contributed by atoms with Gasteiger partial charge in [-0.3, -0.25) is 0 Å². The third-order valence-electron chi connectivity index (χ3n) is 2.69. The maximum Gasteiger partial charge on any atom is 0.138 e. The molecule has 0 atom stereocenters. The fourth-order valence-electron chi connectivity index (χ4n) is 1.80. The number of ether oxygens (including phenoxy) is 1. The third kappa shape index (κ3) is 4.00. The number of halogens is 4. The highest BCUT2D eigenvalue weighted by molar-refractivity contribution is 9.11. The van der Waals surface area contributed by atoms with E-state index in [1.54, 1.807) is 7.11 Å². The summed E-state index contributed by atoms with van der Waals surface area (Å²) in [7, 11) is 1.67. The summed E-state index contributed by atoms with van der Waals surface area (Å²) >= 11 is 14.0. The molecule has 2 rings (SSSR count). The van der Waals surface area contributed by atoms with Gasteiger partial charge in [0.2, 0.25) is 0 Å². The normalized spacial score (nSPS) is 10.4. The molecule has 106 valence electrons. The Labute approximate surface area is 151 Å². The number of hydrogen-bond donors (Lipinski definition) is 1. The molecule has 1 N–H and O–H groups in total. The molecule has 0 saturated carbocycles. The molecule has 6 heteroatoms. The van der Waals surface area contributed by atoms with Crippen molar-refractivity contribution in [1.82, 2.24) is 0 Å². The molecule has 0 aliphatic rings. The van der Waals surface area contributed by atoms with Gasteiger partial charge in [0, 0.05) is 31.2 Å². The van der Waals surface area contributed by atoms with Crippen LogP contribution in [-0.2, 0) is 6.54 Å². The standard InChI is InChI=1S/C14H11Br4NO/c1-20-14-8(4-10(16)6-12(14)18)7-19-13-3-2-9(15)5-11(13)17/h2-6,19H,7H2,1H3. The highest BCUT2D eigenvalue weighted by atomic mass is 79.9. The van der Waals surface area contributed by atoms with Gasteiger partial charge in [-0.2, -0.15) is 0 Å². The Bertz CT molecular complexity index is 631. The molecule has 0 saturated heterocycles. The van der Waals surface area contributed by atoms with Crippen molar-refractivity contribution in [2.24, 2.45) is 0 Å². The first-order chi connectivity index (χ1) is 9.51. The van der Waals surface area contributed by atoms with Crippen molar-refractivity contribution < 1.29 is 4.74 Å². The second-order valence-electron chi connectivity index (χ2n) is 4.06. The number of methoxy groups -OCH3 is 1. The zero-order valence-electron chi connectivity index (χ0n) is 10.5. The molecule has 0 aromatic heterocycles. The van der Waals surface area contributed by atoms with Gasteiger partial charge in [-0.05, 0) is 62.2 Å². The van der Waals surface area contributed by atoms with Crippen LogP contribution in [0.4, 0.5) is 5.69 Å². The Morgan fingerprint density at radius 3 is 2.30 bits per heavy atom. The molecule has 2 aromatic rings. The minimum Gasteiger partial charge on any atom is -0.495 e. The van der Waals surface area contributed by atoms with E-state index in [4.69, 9.17) is 4.74 Å². The Hall–Kier alpha value is -0.0400. The quantitative estimate of drug-likeness (QED) is 0.499. The number of rotatable bonds is 4. The molecule has 0 radical (unpaired) electrons. The van der Waals surface area contributed by atoms with Crippen LogP contribution in [-0.4, -0.2) is 7.11 Å². The molecule has 0 heterocycles. The van der Waals surface area contributed by atoms with Gasteiger partial charge in [-0.25, -0.2) is 0 Å². The van der Waals surface area contributed by atoms with Gasteiger partial charge in [0.25, 0.3) is 0 Å². The summed E-state index contributed by atoms with van der Waals surface area (Å²) in [6.45, 7) is 0.668. The first-order valence-corrected chi connectivity index (χ1v) is 8.89. The average Bonchev–Trinajstić information content (AvgIpc) is 2.37. The Morgan fingerprint density at radius 2 is 1.65 bits per heavy atom. The maximum absolute atomic E-state index is 5.44. The van der Waals surface area contributed by atoms with Crippen molar-refractivity contribution >= 4 is 69.4 Å². The van der Waals surface area contributed by atoms with Crippen LogP contribution < -0.4 is 10.1 Å². The minimum absolute atomic E-state index is 0.668. The van der Waals surface area contributed by atoms with E-state index in [1.807, 2.05) is 30.3 Å². The summed E-state index contributed by atoms with van der Waals surface area (Å²) in [6, 6.07) is 10.0. The van der Waals surface area contributed by atoms with Crippen LogP contribution in [0.1, 0.15) is 5.56 Å². The van der Waals surface area contributed by atoms with Gasteiger partial charge in [-0.15, -0.1) is 0 Å². The zero-order chi connectivity index (χ0) is 14.7. The number of anilines is 1. The lowest BCUT2D eigenvalue weighted by atomic mass is 10.2. The van der Waals surface area contributed by atoms with Crippen molar-refractivity contribution in [3.8, 4) is 5.75 Å². The molecule has 0 amide bonds. The summed E-state index contributed by atoms with van der Waals surface area (Å²) < 4.78 is 9.44. The predicted molar refractivity (Wildman–Crippen MR) is 97.6 cm³/mol. The van der Waals surface area contributed by atoms with Crippen molar-refractivity contribution in [3.05, 3.63) is 53.8 Å². The van der Waals surface area contributed by atoms with Crippen molar-refractivity contribution in [3.63, 3.8) is 0 Å². The van der Waals surface area contributed by atoms with Gasteiger partial charge in [0.1, 0.15) is 5.75 Å². The molecule has 0 aliphatic heterocycles. The molecule has 0 unspecified atom stereocenters. The summed E-state index contributed by atoms with van der Waals surface area (Å²) in [5, 5.41) is 3.40. The van der Waals surface area contributed by atoms with E-state index >= 15 is 0 Å². The van der Waals surface area contributed by atoms with E-state index < -0.39 is 0 Å². The van der Waals surface area contributed by atoms with Crippen molar-refractivity contribution in [1.29, 1.82) is 0 Å². The first kappa shape index (κ1) is 16.3. The monoisotopic (exact) mass is 525 g/mol. The van der Waals surface area contributed by atoms with Gasteiger partial charge in [0.15, 0.2) is 0 Å². The van der Waals surface area contributed by atoms with Crippen molar-refractivity contribution in [2.75, 3.05) is 12.4 Å². The second kappa shape index (κ2) is 7.29. The molecular formula is C14H11Br4NO. The van der Waals surface area contributed by atoms with E-state index in [0.29, 0.717) is 6.54 Å². The van der Waals surface area contributed by atoms with Crippen LogP contribution in [0.25, 0.3) is 0 Å². The van der Waals surface area contributed by atoms with Crippen LogP contribution in [0.3, 0.4) is 0 Å². The largest absolute Gasteiger partial charge is 0.495 e. The molecule has 0 aliphatic carbocycles. The lowest BCUT2D eigenvalue weighted by Crippen LogP contribution is -2.03. The van der Waals surface area contributed by atoms with Gasteiger partial charge in [0.05, 0.1) is 11.6 Å². The van der Waals surface area contributed by atoms with E-state index in [0.717, 1.165) is 34.9 Å². The summed E-state index contributed by atoms with van der Waals surface area (Å²) in [5.74, 6) is 0.842. The molecular weight excluding hydrogens is 518 g/mol. The van der Waals surface area contributed by atoms with Gasteiger partial charge < -0.3 is 10.1 Å². The SMILES string of the molecule is COc1c(Br)cc(Br)cc1CNc1ccc(Br)cc1Br. The maximum atomic E-state index is 5.44. The molecule has 2 nitrogen and oxygen atoms in total. The lowest BCUT2D eigenvalue weighted by molar-refractivity contribution is 0.407. The van der Waals surface area contributed by atoms with E-state index in [9.17, 15) is 0 Å².